The molecule has 0 unspecified atom stereocenters. The van der Waals surface area contributed by atoms with Crippen molar-refractivity contribution in [2.24, 2.45) is 20.0 Å². The molecule has 8 bridgehead atoms. The van der Waals surface area contributed by atoms with Gasteiger partial charge in [0.05, 0.1) is 98.8 Å². The van der Waals surface area contributed by atoms with Crippen LogP contribution < -0.4 is 18.9 Å². The van der Waals surface area contributed by atoms with Crippen LogP contribution in [0.5, 0.6) is 23.0 Å². The Morgan fingerprint density at radius 2 is 0.593 bits per heavy atom. The Kier molecular flexibility index (Phi) is 9.59. The van der Waals surface area contributed by atoms with Crippen molar-refractivity contribution in [2.45, 2.75) is 38.5 Å². The maximum atomic E-state index is 5.61. The van der Waals surface area contributed by atoms with E-state index < -0.39 is 0 Å². The minimum absolute atomic E-state index is 0.390. The summed E-state index contributed by atoms with van der Waals surface area (Å²) in [5, 5.41) is 0. The van der Waals surface area contributed by atoms with E-state index in [1.807, 2.05) is 48.5 Å². The molecule has 0 saturated heterocycles. The molecule has 0 aliphatic carbocycles. The van der Waals surface area contributed by atoms with Crippen molar-refractivity contribution in [1.82, 2.24) is 19.9 Å². The number of ether oxygens (including phenoxy) is 4. The first-order valence-electron chi connectivity index (χ1n) is 17.5. The van der Waals surface area contributed by atoms with Crippen molar-refractivity contribution in [2.75, 3.05) is 28.4 Å². The lowest BCUT2D eigenvalue weighted by atomic mass is 9.86. The molecule has 5 heterocycles. The number of aromatic nitrogens is 4. The number of aromatic amines is 4. The molecular weight excluding hydrogens is 681 g/mol. The third-order valence-electron chi connectivity index (χ3n) is 9.86. The zero-order valence-corrected chi connectivity index (χ0v) is 31.7. The molecule has 6 aromatic rings. The molecular formula is C42H44N8O4. The van der Waals surface area contributed by atoms with Gasteiger partial charge in [-0.2, -0.15) is 0 Å². The minimum atomic E-state index is -0.390. The Labute approximate surface area is 314 Å². The highest BCUT2D eigenvalue weighted by atomic mass is 16.5. The van der Waals surface area contributed by atoms with Gasteiger partial charge < -0.3 is 38.9 Å². The van der Waals surface area contributed by atoms with Gasteiger partial charge in [0, 0.05) is 57.9 Å². The summed E-state index contributed by atoms with van der Waals surface area (Å²) in [6.45, 7) is 8.62. The van der Waals surface area contributed by atoms with Gasteiger partial charge in [0.1, 0.15) is 0 Å². The minimum Gasteiger partial charge on any atom is -0.493 e. The fourth-order valence-corrected chi connectivity index (χ4v) is 6.38. The van der Waals surface area contributed by atoms with Crippen LogP contribution in [0.15, 0.2) is 92.8 Å². The number of aliphatic imine (C=N–C) groups is 4. The first-order valence-corrected chi connectivity index (χ1v) is 17.5. The van der Waals surface area contributed by atoms with Crippen molar-refractivity contribution >= 4 is 47.6 Å². The van der Waals surface area contributed by atoms with Crippen molar-refractivity contribution in [3.05, 3.63) is 118 Å². The molecule has 0 atom stereocenters. The number of nitrogens with one attached hydrogen (secondary N) is 4. The van der Waals surface area contributed by atoms with Crippen LogP contribution in [0, 0.1) is 0 Å². The van der Waals surface area contributed by atoms with Crippen LogP contribution in [0.2, 0.25) is 0 Å². The van der Waals surface area contributed by atoms with Crippen molar-refractivity contribution in [1.29, 1.82) is 0 Å². The Morgan fingerprint density at radius 3 is 0.796 bits per heavy atom. The maximum absolute atomic E-state index is 5.61. The quantitative estimate of drug-likeness (QED) is 0.144. The molecule has 0 spiro atoms. The first kappa shape index (κ1) is 35.8. The van der Waals surface area contributed by atoms with Crippen LogP contribution in [0.3, 0.4) is 0 Å². The second-order valence-electron chi connectivity index (χ2n) is 14.0. The van der Waals surface area contributed by atoms with Crippen molar-refractivity contribution < 1.29 is 18.9 Å². The molecule has 4 aromatic heterocycles. The molecule has 4 N–H and O–H groups in total. The van der Waals surface area contributed by atoms with E-state index >= 15 is 0 Å². The monoisotopic (exact) mass is 724 g/mol. The summed E-state index contributed by atoms with van der Waals surface area (Å²) in [6, 6.07) is 23.6. The zero-order valence-electron chi connectivity index (χ0n) is 31.7. The molecule has 12 heteroatoms. The summed E-state index contributed by atoms with van der Waals surface area (Å²) < 4.78 is 22.4. The van der Waals surface area contributed by atoms with Crippen LogP contribution in [0.4, 0.5) is 22.7 Å². The molecule has 0 fully saturated rings. The van der Waals surface area contributed by atoms with Crippen molar-refractivity contribution in [3.8, 4) is 23.0 Å². The summed E-state index contributed by atoms with van der Waals surface area (Å²) in [6.07, 6.45) is 7.17. The molecule has 0 saturated carbocycles. The summed E-state index contributed by atoms with van der Waals surface area (Å²) in [5.41, 5.74) is 9.10. The SMILES string of the molecule is COc1cc2c(cc1OC)N=Cc1ccc([nH]1)C(C)(C)c1ccc([nH]1)C=Nc1cc(OC)c(OC)cc1N=Cc1ccc([nH]1)C(C)(C)c1ccc([nH]1)C=N2. The smallest absolute Gasteiger partial charge is 0.163 e. The number of methoxy groups -OCH3 is 4. The van der Waals surface area contributed by atoms with Crippen LogP contribution in [-0.2, 0) is 10.8 Å². The number of fused-ring (bicyclic) bond motifs is 10. The van der Waals surface area contributed by atoms with E-state index in [1.165, 1.54) is 0 Å². The van der Waals surface area contributed by atoms with E-state index in [0.717, 1.165) is 45.6 Å². The molecule has 1 aliphatic heterocycles. The largest absolute Gasteiger partial charge is 0.493 e. The van der Waals surface area contributed by atoms with Gasteiger partial charge in [0.2, 0.25) is 0 Å². The highest BCUT2D eigenvalue weighted by Crippen LogP contribution is 2.41. The lowest BCUT2D eigenvalue weighted by molar-refractivity contribution is 0.355. The van der Waals surface area contributed by atoms with Gasteiger partial charge in [0.15, 0.2) is 23.0 Å². The summed E-state index contributed by atoms with van der Waals surface area (Å²) in [4.78, 5) is 33.6. The second-order valence-corrected chi connectivity index (χ2v) is 14.0. The van der Waals surface area contributed by atoms with Gasteiger partial charge in [0.25, 0.3) is 0 Å². The Hall–Kier alpha value is -6.56. The van der Waals surface area contributed by atoms with Crippen molar-refractivity contribution in [3.63, 3.8) is 0 Å². The Morgan fingerprint density at radius 1 is 0.370 bits per heavy atom. The van der Waals surface area contributed by atoms with Gasteiger partial charge in [-0.15, -0.1) is 0 Å². The Balaban J connectivity index is 1.34. The first-order chi connectivity index (χ1) is 26.0. The number of hydrogen-bond acceptors (Lipinski definition) is 8. The number of nitrogens with zero attached hydrogens (tertiary/aromatic N) is 4. The fourth-order valence-electron chi connectivity index (χ4n) is 6.38. The highest BCUT2D eigenvalue weighted by Gasteiger charge is 2.27. The summed E-state index contributed by atoms with van der Waals surface area (Å²) in [5.74, 6) is 2.24. The van der Waals surface area contributed by atoms with Crippen LogP contribution >= 0.6 is 0 Å². The number of hydrogen-bond donors (Lipinski definition) is 4. The predicted molar refractivity (Wildman–Crippen MR) is 216 cm³/mol. The molecule has 276 valence electrons. The van der Waals surface area contributed by atoms with Crippen LogP contribution in [-0.4, -0.2) is 73.2 Å². The average molecular weight is 725 g/mol. The molecule has 2 aromatic carbocycles. The second kappa shape index (κ2) is 14.5. The van der Waals surface area contributed by atoms with E-state index in [9.17, 15) is 0 Å². The third kappa shape index (κ3) is 6.97. The molecule has 1 aliphatic rings. The lowest BCUT2D eigenvalue weighted by Gasteiger charge is -2.22. The number of rotatable bonds is 4. The highest BCUT2D eigenvalue weighted by molar-refractivity contribution is 5.88. The topological polar surface area (TPSA) is 150 Å². The van der Waals surface area contributed by atoms with E-state index in [1.54, 1.807) is 53.3 Å². The van der Waals surface area contributed by atoms with Crippen LogP contribution in [0.25, 0.3) is 0 Å². The van der Waals surface area contributed by atoms with E-state index in [0.29, 0.717) is 45.7 Å². The van der Waals surface area contributed by atoms with Gasteiger partial charge in [-0.05, 0) is 76.2 Å². The molecule has 7 rings (SSSR count). The maximum Gasteiger partial charge on any atom is 0.163 e. The van der Waals surface area contributed by atoms with Gasteiger partial charge in [-0.25, -0.2) is 0 Å². The zero-order chi connectivity index (χ0) is 38.0. The van der Waals surface area contributed by atoms with Gasteiger partial charge >= 0.3 is 0 Å². The van der Waals surface area contributed by atoms with E-state index in [-0.39, 0.29) is 10.8 Å². The Bertz CT molecular complexity index is 2090. The summed E-state index contributed by atoms with van der Waals surface area (Å²) in [7, 11) is 6.42. The molecule has 0 amide bonds. The van der Waals surface area contributed by atoms with Gasteiger partial charge in [-0.1, -0.05) is 0 Å². The molecule has 12 nitrogen and oxygen atoms in total. The fraction of sp³-hybridized carbons (Fsp3) is 0.238. The lowest BCUT2D eigenvalue weighted by Crippen LogP contribution is -2.20. The number of benzene rings is 2. The summed E-state index contributed by atoms with van der Waals surface area (Å²) >= 11 is 0. The molecule has 0 radical (unpaired) electrons. The normalized spacial score (nSPS) is 14.7. The average Bonchev–Trinajstić information content (AvgIpc) is 4.02. The standard InChI is InChI=1S/C42H44N8O4/c1-41(2)37-13-9-25(47-37)21-43-29-17-33(51-5)35(53-7)19-31(29)45-23-27-11-15-39(49-27)42(3,4)40-16-12-28(50-40)24-46-32-20-36(54-8)34(52-6)18-30(32)44-22-26-10-14-38(41)48-26/h9-24,47-50H,1-8H3. The predicted octanol–water partition coefficient (Wildman–Crippen LogP) is 9.00. The van der Waals surface area contributed by atoms with Gasteiger partial charge in [-0.3, -0.25) is 20.0 Å². The number of H-pyrrole nitrogens is 4. The van der Waals surface area contributed by atoms with Crippen LogP contribution in [0.1, 0.15) is 73.2 Å². The molecule has 54 heavy (non-hydrogen) atoms. The third-order valence-corrected chi connectivity index (χ3v) is 9.86. The van der Waals surface area contributed by atoms with E-state index in [2.05, 4.69) is 71.9 Å². The van der Waals surface area contributed by atoms with E-state index in [4.69, 9.17) is 38.9 Å².